The van der Waals surface area contributed by atoms with Gasteiger partial charge in [-0.3, -0.25) is 19.3 Å². The number of likely N-dealkylation sites (N-methyl/N-ethyl adjacent to an activating group) is 1. The molecule has 2 aromatic rings. The Labute approximate surface area is 316 Å². The van der Waals surface area contributed by atoms with Gasteiger partial charge in [-0.2, -0.15) is 0 Å². The number of hydrogen-bond acceptors (Lipinski definition) is 6. The molecule has 1 saturated heterocycles. The summed E-state index contributed by atoms with van der Waals surface area (Å²) in [5, 5.41) is 29.2. The molecule has 3 amide bonds. The maximum absolute atomic E-state index is 14.1. The lowest BCUT2D eigenvalue weighted by molar-refractivity contribution is -0.136. The van der Waals surface area contributed by atoms with Crippen molar-refractivity contribution >= 4 is 36.0 Å². The van der Waals surface area contributed by atoms with Crippen molar-refractivity contribution in [1.82, 2.24) is 20.4 Å². The van der Waals surface area contributed by atoms with Gasteiger partial charge in [0.25, 0.3) is 0 Å². The van der Waals surface area contributed by atoms with E-state index in [0.717, 1.165) is 67.6 Å². The van der Waals surface area contributed by atoms with E-state index >= 15 is 0 Å². The van der Waals surface area contributed by atoms with Crippen LogP contribution in [0, 0.1) is 17.8 Å². The van der Waals surface area contributed by atoms with Gasteiger partial charge in [-0.25, -0.2) is 0 Å². The first-order valence-corrected chi connectivity index (χ1v) is 20.1. The van der Waals surface area contributed by atoms with Crippen molar-refractivity contribution in [3.63, 3.8) is 0 Å². The average molecular weight is 735 g/mol. The third-order valence-electron chi connectivity index (χ3n) is 11.3. The summed E-state index contributed by atoms with van der Waals surface area (Å²) in [6.07, 6.45) is 7.44. The molecule has 2 fully saturated rings. The molecule has 0 radical (unpaired) electrons. The molecule has 0 aromatic heterocycles. The lowest BCUT2D eigenvalue weighted by Gasteiger charge is -2.34. The molecular weight excluding hydrogens is 675 g/mol. The summed E-state index contributed by atoms with van der Waals surface area (Å²) in [5.74, 6) is -0.877. The number of hydrogen-bond donors (Lipinski definition) is 4. The molecule has 0 spiro atoms. The molecule has 1 aliphatic carbocycles. The van der Waals surface area contributed by atoms with Crippen LogP contribution < -0.4 is 10.6 Å². The van der Waals surface area contributed by atoms with Gasteiger partial charge in [0, 0.05) is 44.7 Å². The number of aliphatic hydroxyl groups excluding tert-OH is 2. The first-order valence-electron chi connectivity index (χ1n) is 19.7. The molecule has 52 heavy (non-hydrogen) atoms. The molecule has 2 heterocycles. The summed E-state index contributed by atoms with van der Waals surface area (Å²) in [6.45, 7) is 7.09. The Morgan fingerprint density at radius 3 is 2.37 bits per heavy atom. The van der Waals surface area contributed by atoms with E-state index in [1.54, 1.807) is 11.9 Å². The summed E-state index contributed by atoms with van der Waals surface area (Å²) in [7, 11) is 1.78. The zero-order valence-corrected chi connectivity index (χ0v) is 32.2. The van der Waals surface area contributed by atoms with E-state index in [1.807, 2.05) is 56.3 Å². The SMILES string of the molecule is CC(C)C[C@H](O)[C@H](O)[C@H](CC1CCCCC1)NC(=O)[C@H](CB1CC1)NC(=O)C(CC(=O)N(C)CCN1Cc2cccc(Cl)c2C1)Cc1ccccc1. The molecule has 2 aromatic carbocycles. The molecule has 0 bridgehead atoms. The molecule has 5 atom stereocenters. The second-order valence-electron chi connectivity index (χ2n) is 16.3. The maximum Gasteiger partial charge on any atom is 0.242 e. The average Bonchev–Trinajstić information content (AvgIpc) is 3.85. The Bertz CT molecular complexity index is 1470. The number of nitrogens with zero attached hydrogens (tertiary/aromatic N) is 2. The molecule has 9 nitrogen and oxygen atoms in total. The van der Waals surface area contributed by atoms with Crippen molar-refractivity contribution in [2.24, 2.45) is 17.8 Å². The fourth-order valence-electron chi connectivity index (χ4n) is 7.99. The zero-order chi connectivity index (χ0) is 37.2. The highest BCUT2D eigenvalue weighted by atomic mass is 35.5. The van der Waals surface area contributed by atoms with Crippen LogP contribution >= 0.6 is 11.6 Å². The topological polar surface area (TPSA) is 122 Å². The highest BCUT2D eigenvalue weighted by Crippen LogP contribution is 2.31. The Balaban J connectivity index is 1.24. The summed E-state index contributed by atoms with van der Waals surface area (Å²) in [4.78, 5) is 45.8. The van der Waals surface area contributed by atoms with E-state index in [4.69, 9.17) is 11.6 Å². The standard InChI is InChI=1S/C41H60BClN4O5/c1-28(2)21-37(48)39(50)35(23-30-13-8-5-9-14-30)44-41(52)36(25-42-17-18-42)45-40(51)32(22-29-11-6-4-7-12-29)24-38(49)46(3)19-20-47-26-31-15-10-16-34(43)33(31)27-47/h4,6-7,10-12,15-16,28,30,32,35-37,39,48,50H,5,8-9,13-14,17-27H2,1-3H3,(H,44,52)(H,45,51)/t32?,35-,36-,37-,39+/m0/s1. The van der Waals surface area contributed by atoms with Crippen molar-refractivity contribution < 1.29 is 24.6 Å². The van der Waals surface area contributed by atoms with Gasteiger partial charge in [0.15, 0.2) is 0 Å². The van der Waals surface area contributed by atoms with Crippen LogP contribution in [-0.4, -0.2) is 88.9 Å². The van der Waals surface area contributed by atoms with Crippen LogP contribution in [0.1, 0.15) is 81.9 Å². The normalized spacial score (nSPS) is 19.0. The predicted molar refractivity (Wildman–Crippen MR) is 208 cm³/mol. The molecule has 4 N–H and O–H groups in total. The molecule has 1 unspecified atom stereocenters. The van der Waals surface area contributed by atoms with Gasteiger partial charge >= 0.3 is 0 Å². The number of fused-ring (bicyclic) bond motifs is 1. The molecule has 11 heteroatoms. The minimum absolute atomic E-state index is 0.0193. The number of carbonyl (C=O) groups is 3. The molecule has 2 aliphatic heterocycles. The van der Waals surface area contributed by atoms with Crippen molar-refractivity contribution in [2.75, 3.05) is 20.1 Å². The van der Waals surface area contributed by atoms with Crippen molar-refractivity contribution in [2.45, 2.75) is 128 Å². The van der Waals surface area contributed by atoms with E-state index < -0.39 is 30.2 Å². The van der Waals surface area contributed by atoms with Gasteiger partial charge in [0.2, 0.25) is 17.7 Å². The van der Waals surface area contributed by atoms with Crippen molar-refractivity contribution in [3.8, 4) is 0 Å². The second kappa shape index (κ2) is 19.4. The highest BCUT2D eigenvalue weighted by Gasteiger charge is 2.38. The van der Waals surface area contributed by atoms with Gasteiger partial charge in [0.05, 0.1) is 18.1 Å². The largest absolute Gasteiger partial charge is 0.390 e. The first kappa shape index (κ1) is 40.3. The molecule has 1 saturated carbocycles. The Morgan fingerprint density at radius 1 is 0.962 bits per heavy atom. The Kier molecular flexibility index (Phi) is 15.0. The first-order chi connectivity index (χ1) is 25.0. The molecular formula is C41H60BClN4O5. The Hall–Kier alpha value is -2.92. The number of amides is 3. The number of nitrogens with one attached hydrogen (secondary N) is 2. The number of halogens is 1. The van der Waals surface area contributed by atoms with Crippen molar-refractivity contribution in [1.29, 1.82) is 0 Å². The number of carbonyl (C=O) groups excluding carboxylic acids is 3. The summed E-state index contributed by atoms with van der Waals surface area (Å²) in [6, 6.07) is 14.2. The molecule has 3 aliphatic rings. The third kappa shape index (κ3) is 12.1. The lowest BCUT2D eigenvalue weighted by atomic mass is 9.64. The highest BCUT2D eigenvalue weighted by molar-refractivity contribution is 6.69. The summed E-state index contributed by atoms with van der Waals surface area (Å²) >= 11 is 6.42. The lowest BCUT2D eigenvalue weighted by Crippen LogP contribution is -2.56. The maximum atomic E-state index is 14.1. The van der Waals surface area contributed by atoms with E-state index in [1.165, 1.54) is 12.0 Å². The van der Waals surface area contributed by atoms with Gasteiger partial charge in [-0.1, -0.05) is 113 Å². The van der Waals surface area contributed by atoms with Gasteiger partial charge < -0.3 is 25.7 Å². The van der Waals surface area contributed by atoms with Crippen molar-refractivity contribution in [3.05, 3.63) is 70.2 Å². The van der Waals surface area contributed by atoms with Crippen LogP contribution in [-0.2, 0) is 33.9 Å². The van der Waals surface area contributed by atoms with Crippen LogP contribution in [0.5, 0.6) is 0 Å². The second-order valence-corrected chi connectivity index (χ2v) is 16.7. The number of benzene rings is 2. The van der Waals surface area contributed by atoms with Gasteiger partial charge in [-0.05, 0) is 60.2 Å². The smallest absolute Gasteiger partial charge is 0.242 e. The molecule has 284 valence electrons. The van der Waals surface area contributed by atoms with Gasteiger partial charge in [-0.15, -0.1) is 0 Å². The zero-order valence-electron chi connectivity index (χ0n) is 31.4. The fourth-order valence-corrected chi connectivity index (χ4v) is 8.25. The monoisotopic (exact) mass is 734 g/mol. The minimum atomic E-state index is -1.10. The number of rotatable bonds is 19. The summed E-state index contributed by atoms with van der Waals surface area (Å²) in [5.41, 5.74) is 3.30. The third-order valence-corrected chi connectivity index (χ3v) is 11.7. The van der Waals surface area contributed by atoms with Crippen LogP contribution in [0.3, 0.4) is 0 Å². The fraction of sp³-hybridized carbons (Fsp3) is 0.634. The summed E-state index contributed by atoms with van der Waals surface area (Å²) < 4.78 is 0. The van der Waals surface area contributed by atoms with Crippen LogP contribution in [0.4, 0.5) is 0 Å². The van der Waals surface area contributed by atoms with E-state index in [0.29, 0.717) is 51.3 Å². The quantitative estimate of drug-likeness (QED) is 0.140. The molecule has 5 rings (SSSR count). The van der Waals surface area contributed by atoms with Gasteiger partial charge in [0.1, 0.15) is 18.9 Å². The Morgan fingerprint density at radius 2 is 1.69 bits per heavy atom. The van der Waals surface area contributed by atoms with E-state index in [-0.39, 0.29) is 30.1 Å². The minimum Gasteiger partial charge on any atom is -0.390 e. The predicted octanol–water partition coefficient (Wildman–Crippen LogP) is 5.58. The van der Waals surface area contributed by atoms with E-state index in [9.17, 15) is 24.6 Å². The van der Waals surface area contributed by atoms with Crippen LogP contribution in [0.2, 0.25) is 24.0 Å². The van der Waals surface area contributed by atoms with E-state index in [2.05, 4.69) is 21.6 Å². The number of aliphatic hydroxyl groups is 2. The van der Waals surface area contributed by atoms with Crippen LogP contribution in [0.25, 0.3) is 0 Å². The van der Waals surface area contributed by atoms with Crippen LogP contribution in [0.15, 0.2) is 48.5 Å².